The summed E-state index contributed by atoms with van der Waals surface area (Å²) in [7, 11) is 3.06. The first kappa shape index (κ1) is 21.3. The van der Waals surface area contributed by atoms with E-state index >= 15 is 0 Å². The summed E-state index contributed by atoms with van der Waals surface area (Å²) >= 11 is 0. The first-order valence-corrected chi connectivity index (χ1v) is 9.73. The lowest BCUT2D eigenvalue weighted by Gasteiger charge is -2.32. The molecule has 0 spiro atoms. The Bertz CT molecular complexity index is 902. The molecule has 8 heteroatoms. The van der Waals surface area contributed by atoms with Crippen molar-refractivity contribution < 1.29 is 29.3 Å². The van der Waals surface area contributed by atoms with Crippen molar-refractivity contribution in [3.05, 3.63) is 47.5 Å². The molecule has 3 N–H and O–H groups in total. The summed E-state index contributed by atoms with van der Waals surface area (Å²) in [5.74, 6) is 0.604. The van der Waals surface area contributed by atoms with Crippen LogP contribution in [0.3, 0.4) is 0 Å². The van der Waals surface area contributed by atoms with Gasteiger partial charge in [-0.15, -0.1) is 0 Å². The Kier molecular flexibility index (Phi) is 6.66. The summed E-state index contributed by atoms with van der Waals surface area (Å²) in [6.07, 6.45) is 1.51. The van der Waals surface area contributed by atoms with Crippen molar-refractivity contribution in [3.63, 3.8) is 0 Å². The van der Waals surface area contributed by atoms with Crippen LogP contribution in [0.1, 0.15) is 33.6 Å². The fourth-order valence-electron chi connectivity index (χ4n) is 3.56. The molecule has 30 heavy (non-hydrogen) atoms. The minimum absolute atomic E-state index is 0.147. The number of phenolic OH excluding ortho intramolecular Hbond substituents is 2. The molecule has 2 amide bonds. The minimum Gasteiger partial charge on any atom is -0.508 e. The number of benzene rings is 2. The van der Waals surface area contributed by atoms with Gasteiger partial charge >= 0.3 is 0 Å². The summed E-state index contributed by atoms with van der Waals surface area (Å²) in [5, 5.41) is 22.1. The van der Waals surface area contributed by atoms with E-state index in [2.05, 4.69) is 5.32 Å². The van der Waals surface area contributed by atoms with Crippen molar-refractivity contribution in [2.45, 2.75) is 12.8 Å². The van der Waals surface area contributed by atoms with Crippen LogP contribution in [0.4, 0.5) is 0 Å². The van der Waals surface area contributed by atoms with Crippen molar-refractivity contribution in [3.8, 4) is 23.0 Å². The Labute approximate surface area is 175 Å². The van der Waals surface area contributed by atoms with Crippen LogP contribution in [0, 0.1) is 5.92 Å². The number of ether oxygens (including phenoxy) is 2. The SMILES string of the molecule is COc1ccc(C(=O)NCC2CCN(C(=O)c3cc(O)cc(O)c3)CC2)cc1OC. The molecule has 2 aromatic carbocycles. The van der Waals surface area contributed by atoms with Crippen molar-refractivity contribution in [1.82, 2.24) is 10.2 Å². The van der Waals surface area contributed by atoms with Crippen molar-refractivity contribution in [2.75, 3.05) is 33.9 Å². The lowest BCUT2D eigenvalue weighted by Crippen LogP contribution is -2.41. The molecular weight excluding hydrogens is 388 g/mol. The Morgan fingerprint density at radius 2 is 1.60 bits per heavy atom. The Morgan fingerprint density at radius 1 is 0.967 bits per heavy atom. The number of likely N-dealkylation sites (tertiary alicyclic amines) is 1. The maximum Gasteiger partial charge on any atom is 0.254 e. The van der Waals surface area contributed by atoms with E-state index in [4.69, 9.17) is 9.47 Å². The monoisotopic (exact) mass is 414 g/mol. The van der Waals surface area contributed by atoms with Crippen LogP contribution in [0.25, 0.3) is 0 Å². The number of hydrogen-bond donors (Lipinski definition) is 3. The fraction of sp³-hybridized carbons (Fsp3) is 0.364. The van der Waals surface area contributed by atoms with Crippen molar-refractivity contribution in [2.24, 2.45) is 5.92 Å². The molecule has 1 fully saturated rings. The molecule has 3 rings (SSSR count). The van der Waals surface area contributed by atoms with Gasteiger partial charge in [-0.3, -0.25) is 9.59 Å². The molecule has 1 heterocycles. The summed E-state index contributed by atoms with van der Waals surface area (Å²) in [4.78, 5) is 26.7. The van der Waals surface area contributed by atoms with Crippen LogP contribution in [-0.4, -0.2) is 60.8 Å². The van der Waals surface area contributed by atoms with Gasteiger partial charge in [0.1, 0.15) is 11.5 Å². The highest BCUT2D eigenvalue weighted by Gasteiger charge is 2.24. The third kappa shape index (κ3) is 4.94. The molecule has 1 aliphatic rings. The standard InChI is InChI=1S/C22H26N2O6/c1-29-19-4-3-15(11-20(19)30-2)21(27)23-13-14-5-7-24(8-6-14)22(28)16-9-17(25)12-18(26)10-16/h3-4,9-12,14,25-26H,5-8,13H2,1-2H3,(H,23,27). The van der Waals surface area contributed by atoms with Crippen molar-refractivity contribution in [1.29, 1.82) is 0 Å². The smallest absolute Gasteiger partial charge is 0.254 e. The molecule has 0 saturated carbocycles. The molecule has 0 atom stereocenters. The van der Waals surface area contributed by atoms with Gasteiger partial charge in [-0.1, -0.05) is 0 Å². The Morgan fingerprint density at radius 3 is 2.20 bits per heavy atom. The molecule has 1 saturated heterocycles. The minimum atomic E-state index is -0.228. The lowest BCUT2D eigenvalue weighted by atomic mass is 9.96. The summed E-state index contributed by atoms with van der Waals surface area (Å²) in [6.45, 7) is 1.61. The van der Waals surface area contributed by atoms with Crippen LogP contribution >= 0.6 is 0 Å². The van der Waals surface area contributed by atoms with Gasteiger partial charge < -0.3 is 29.9 Å². The third-order valence-electron chi connectivity index (χ3n) is 5.25. The van der Waals surface area contributed by atoms with E-state index in [1.807, 2.05) is 0 Å². The molecule has 0 radical (unpaired) electrons. The first-order valence-electron chi connectivity index (χ1n) is 9.73. The van der Waals surface area contributed by atoms with Gasteiger partial charge in [0.05, 0.1) is 14.2 Å². The number of nitrogens with zero attached hydrogens (tertiary/aromatic N) is 1. The van der Waals surface area contributed by atoms with Gasteiger partial charge in [0.15, 0.2) is 11.5 Å². The number of piperidine rings is 1. The first-order chi connectivity index (χ1) is 14.4. The molecule has 0 aliphatic carbocycles. The molecule has 0 aromatic heterocycles. The topological polar surface area (TPSA) is 108 Å². The summed E-state index contributed by atoms with van der Waals surface area (Å²) in [6, 6.07) is 8.89. The average molecular weight is 414 g/mol. The molecule has 8 nitrogen and oxygen atoms in total. The molecule has 0 unspecified atom stereocenters. The predicted octanol–water partition coefficient (Wildman–Crippen LogP) is 2.40. The van der Waals surface area contributed by atoms with Crippen LogP contribution in [-0.2, 0) is 0 Å². The normalized spacial score (nSPS) is 14.3. The highest BCUT2D eigenvalue weighted by Crippen LogP contribution is 2.28. The van der Waals surface area contributed by atoms with E-state index in [-0.39, 0.29) is 34.8 Å². The number of carbonyl (C=O) groups is 2. The molecule has 0 bridgehead atoms. The Hall–Kier alpha value is -3.42. The van der Waals surface area contributed by atoms with Gasteiger partial charge in [-0.2, -0.15) is 0 Å². The number of rotatable bonds is 6. The molecule has 1 aliphatic heterocycles. The summed E-state index contributed by atoms with van der Waals surface area (Å²) < 4.78 is 10.4. The van der Waals surface area contributed by atoms with Gasteiger partial charge in [0.2, 0.25) is 0 Å². The average Bonchev–Trinajstić information content (AvgIpc) is 2.76. The second kappa shape index (κ2) is 9.39. The maximum atomic E-state index is 12.6. The van der Waals surface area contributed by atoms with E-state index in [1.165, 1.54) is 32.4 Å². The second-order valence-electron chi connectivity index (χ2n) is 7.25. The quantitative estimate of drug-likeness (QED) is 0.670. The number of nitrogens with one attached hydrogen (secondary N) is 1. The number of carbonyl (C=O) groups excluding carboxylic acids is 2. The number of phenols is 2. The number of aromatic hydroxyl groups is 2. The van der Waals surface area contributed by atoms with E-state index in [0.29, 0.717) is 36.7 Å². The van der Waals surface area contributed by atoms with Crippen LogP contribution in [0.5, 0.6) is 23.0 Å². The van der Waals surface area contributed by atoms with Crippen LogP contribution in [0.2, 0.25) is 0 Å². The zero-order chi connectivity index (χ0) is 21.7. The zero-order valence-electron chi connectivity index (χ0n) is 17.1. The van der Waals surface area contributed by atoms with E-state index in [0.717, 1.165) is 12.8 Å². The molecule has 2 aromatic rings. The second-order valence-corrected chi connectivity index (χ2v) is 7.25. The molecular formula is C22H26N2O6. The number of methoxy groups -OCH3 is 2. The highest BCUT2D eigenvalue weighted by atomic mass is 16.5. The maximum absolute atomic E-state index is 12.6. The van der Waals surface area contributed by atoms with Crippen LogP contribution < -0.4 is 14.8 Å². The van der Waals surface area contributed by atoms with Crippen molar-refractivity contribution >= 4 is 11.8 Å². The van der Waals surface area contributed by atoms with Crippen LogP contribution in [0.15, 0.2) is 36.4 Å². The van der Waals surface area contributed by atoms with E-state index in [9.17, 15) is 19.8 Å². The van der Waals surface area contributed by atoms with Gasteiger partial charge in [-0.05, 0) is 49.1 Å². The lowest BCUT2D eigenvalue weighted by molar-refractivity contribution is 0.0683. The number of amides is 2. The fourth-order valence-corrected chi connectivity index (χ4v) is 3.56. The number of hydrogen-bond acceptors (Lipinski definition) is 6. The summed E-state index contributed by atoms with van der Waals surface area (Å²) in [5.41, 5.74) is 0.747. The van der Waals surface area contributed by atoms with Gasteiger partial charge in [0, 0.05) is 36.8 Å². The van der Waals surface area contributed by atoms with Gasteiger partial charge in [0.25, 0.3) is 11.8 Å². The van der Waals surface area contributed by atoms with E-state index in [1.54, 1.807) is 23.1 Å². The largest absolute Gasteiger partial charge is 0.508 e. The van der Waals surface area contributed by atoms with Gasteiger partial charge in [-0.25, -0.2) is 0 Å². The zero-order valence-corrected chi connectivity index (χ0v) is 17.1. The Balaban J connectivity index is 1.51. The van der Waals surface area contributed by atoms with E-state index < -0.39 is 0 Å². The predicted molar refractivity (Wildman–Crippen MR) is 110 cm³/mol. The molecule has 160 valence electrons. The third-order valence-corrected chi connectivity index (χ3v) is 5.25. The highest BCUT2D eigenvalue weighted by molar-refractivity contribution is 5.95.